The quantitative estimate of drug-likeness (QED) is 0.712. The van der Waals surface area contributed by atoms with Gasteiger partial charge in [0.05, 0.1) is 20.4 Å². The number of anilines is 1. The van der Waals surface area contributed by atoms with E-state index in [0.717, 1.165) is 43.1 Å². The Kier molecular flexibility index (Phi) is 7.06. The number of nitrogens with zero attached hydrogens (tertiary/aromatic N) is 2. The molecule has 6 nitrogen and oxygen atoms in total. The van der Waals surface area contributed by atoms with Crippen LogP contribution in [0.4, 0.5) is 5.69 Å². The average Bonchev–Trinajstić information content (AvgIpc) is 2.74. The fourth-order valence-corrected chi connectivity index (χ4v) is 3.12. The highest BCUT2D eigenvalue weighted by atomic mass is 16.5. The molecule has 1 aliphatic rings. The SMILES string of the molecule is COc1ccc(COCN2CCN(c3ccc(/C=C/C(N)=O)cc3)CC2)cc1. The predicted octanol–water partition coefficient (Wildman–Crippen LogP) is 2.49. The summed E-state index contributed by atoms with van der Waals surface area (Å²) in [7, 11) is 1.67. The van der Waals surface area contributed by atoms with Crippen molar-refractivity contribution < 1.29 is 14.3 Å². The van der Waals surface area contributed by atoms with Crippen molar-refractivity contribution in [3.8, 4) is 5.75 Å². The fraction of sp³-hybridized carbons (Fsp3) is 0.318. The lowest BCUT2D eigenvalue weighted by atomic mass is 10.1. The van der Waals surface area contributed by atoms with Crippen LogP contribution >= 0.6 is 0 Å². The fourth-order valence-electron chi connectivity index (χ4n) is 3.12. The van der Waals surface area contributed by atoms with Gasteiger partial charge in [-0.15, -0.1) is 0 Å². The molecule has 0 aliphatic carbocycles. The third kappa shape index (κ3) is 5.84. The zero-order chi connectivity index (χ0) is 19.8. The second-order valence-corrected chi connectivity index (χ2v) is 6.76. The van der Waals surface area contributed by atoms with Crippen LogP contribution in [0.3, 0.4) is 0 Å². The molecule has 1 saturated heterocycles. The minimum atomic E-state index is -0.436. The number of piperazine rings is 1. The third-order valence-electron chi connectivity index (χ3n) is 4.77. The number of hydrogen-bond acceptors (Lipinski definition) is 5. The second kappa shape index (κ2) is 9.92. The molecule has 28 heavy (non-hydrogen) atoms. The van der Waals surface area contributed by atoms with Crippen LogP contribution in [0.2, 0.25) is 0 Å². The molecule has 0 bridgehead atoms. The van der Waals surface area contributed by atoms with Gasteiger partial charge in [0.2, 0.25) is 5.91 Å². The van der Waals surface area contributed by atoms with Gasteiger partial charge in [-0.2, -0.15) is 0 Å². The summed E-state index contributed by atoms with van der Waals surface area (Å²) >= 11 is 0. The van der Waals surface area contributed by atoms with Gasteiger partial charge < -0.3 is 20.1 Å². The number of methoxy groups -OCH3 is 1. The first-order valence-corrected chi connectivity index (χ1v) is 9.39. The first-order valence-electron chi connectivity index (χ1n) is 9.39. The van der Waals surface area contributed by atoms with E-state index in [2.05, 4.69) is 21.9 Å². The smallest absolute Gasteiger partial charge is 0.241 e. The Balaban J connectivity index is 1.40. The molecule has 0 spiro atoms. The van der Waals surface area contributed by atoms with E-state index in [1.165, 1.54) is 11.8 Å². The molecular weight excluding hydrogens is 354 g/mol. The van der Waals surface area contributed by atoms with Crippen molar-refractivity contribution in [2.75, 3.05) is 44.9 Å². The zero-order valence-electron chi connectivity index (χ0n) is 16.2. The van der Waals surface area contributed by atoms with E-state index in [4.69, 9.17) is 15.2 Å². The molecule has 2 aromatic rings. The van der Waals surface area contributed by atoms with Crippen molar-refractivity contribution in [3.63, 3.8) is 0 Å². The van der Waals surface area contributed by atoms with Crippen molar-refractivity contribution in [3.05, 3.63) is 65.7 Å². The van der Waals surface area contributed by atoms with Crippen molar-refractivity contribution in [2.24, 2.45) is 5.73 Å². The molecule has 0 radical (unpaired) electrons. The Hall–Kier alpha value is -2.83. The number of ether oxygens (including phenoxy) is 2. The largest absolute Gasteiger partial charge is 0.497 e. The summed E-state index contributed by atoms with van der Waals surface area (Å²) in [4.78, 5) is 15.5. The highest BCUT2D eigenvalue weighted by Crippen LogP contribution is 2.18. The maximum Gasteiger partial charge on any atom is 0.241 e. The van der Waals surface area contributed by atoms with Gasteiger partial charge in [-0.3, -0.25) is 9.69 Å². The lowest BCUT2D eigenvalue weighted by molar-refractivity contribution is -0.113. The highest BCUT2D eigenvalue weighted by molar-refractivity contribution is 5.90. The van der Waals surface area contributed by atoms with Crippen molar-refractivity contribution >= 4 is 17.7 Å². The summed E-state index contributed by atoms with van der Waals surface area (Å²) in [5.74, 6) is 0.422. The summed E-state index contributed by atoms with van der Waals surface area (Å²) in [6, 6.07) is 16.1. The van der Waals surface area contributed by atoms with Crippen LogP contribution in [0.1, 0.15) is 11.1 Å². The Morgan fingerprint density at radius 1 is 1.04 bits per heavy atom. The van der Waals surface area contributed by atoms with Crippen LogP contribution in [-0.4, -0.2) is 50.8 Å². The monoisotopic (exact) mass is 381 g/mol. The summed E-state index contributed by atoms with van der Waals surface area (Å²) in [5, 5.41) is 0. The van der Waals surface area contributed by atoms with Gasteiger partial charge in [0.25, 0.3) is 0 Å². The number of carbonyl (C=O) groups excluding carboxylic acids is 1. The number of nitrogens with two attached hydrogens (primary N) is 1. The van der Waals surface area contributed by atoms with Crippen molar-refractivity contribution in [1.29, 1.82) is 0 Å². The van der Waals surface area contributed by atoms with Gasteiger partial charge in [0, 0.05) is 37.9 Å². The Morgan fingerprint density at radius 3 is 2.32 bits per heavy atom. The number of rotatable bonds is 8. The molecule has 1 amide bonds. The van der Waals surface area contributed by atoms with E-state index in [1.54, 1.807) is 13.2 Å². The summed E-state index contributed by atoms with van der Waals surface area (Å²) in [5.41, 5.74) is 8.42. The lowest BCUT2D eigenvalue weighted by Gasteiger charge is -2.35. The van der Waals surface area contributed by atoms with Crippen LogP contribution in [-0.2, 0) is 16.1 Å². The normalized spacial score (nSPS) is 15.1. The lowest BCUT2D eigenvalue weighted by Crippen LogP contribution is -2.47. The number of hydrogen-bond donors (Lipinski definition) is 1. The van der Waals surface area contributed by atoms with Gasteiger partial charge in [0.15, 0.2) is 0 Å². The first-order chi connectivity index (χ1) is 13.6. The van der Waals surface area contributed by atoms with E-state index in [1.807, 2.05) is 36.4 Å². The van der Waals surface area contributed by atoms with E-state index >= 15 is 0 Å². The van der Waals surface area contributed by atoms with Crippen LogP contribution in [0.25, 0.3) is 6.08 Å². The minimum Gasteiger partial charge on any atom is -0.497 e. The molecule has 148 valence electrons. The first kappa shape index (κ1) is 19.9. The molecule has 0 unspecified atom stereocenters. The molecule has 3 rings (SSSR count). The van der Waals surface area contributed by atoms with E-state index in [-0.39, 0.29) is 0 Å². The molecular formula is C22H27N3O3. The summed E-state index contributed by atoms with van der Waals surface area (Å²) in [6.07, 6.45) is 3.10. The van der Waals surface area contributed by atoms with E-state index in [0.29, 0.717) is 13.3 Å². The van der Waals surface area contributed by atoms with Gasteiger partial charge in [-0.1, -0.05) is 24.3 Å². The predicted molar refractivity (Wildman–Crippen MR) is 111 cm³/mol. The van der Waals surface area contributed by atoms with Gasteiger partial charge >= 0.3 is 0 Å². The summed E-state index contributed by atoms with van der Waals surface area (Å²) < 4.78 is 11.0. The van der Waals surface area contributed by atoms with Crippen LogP contribution in [0.15, 0.2) is 54.6 Å². The van der Waals surface area contributed by atoms with Gasteiger partial charge in [0.1, 0.15) is 5.75 Å². The van der Waals surface area contributed by atoms with Gasteiger partial charge in [-0.25, -0.2) is 0 Å². The second-order valence-electron chi connectivity index (χ2n) is 6.76. The average molecular weight is 381 g/mol. The van der Waals surface area contributed by atoms with E-state index in [9.17, 15) is 4.79 Å². The molecule has 0 aromatic heterocycles. The van der Waals surface area contributed by atoms with E-state index < -0.39 is 5.91 Å². The van der Waals surface area contributed by atoms with Crippen LogP contribution < -0.4 is 15.4 Å². The third-order valence-corrected chi connectivity index (χ3v) is 4.77. The maximum absolute atomic E-state index is 10.8. The number of primary amides is 1. The molecule has 1 fully saturated rings. The molecule has 1 heterocycles. The number of carbonyl (C=O) groups is 1. The Bertz CT molecular complexity index is 780. The van der Waals surface area contributed by atoms with Gasteiger partial charge in [-0.05, 0) is 41.5 Å². The molecule has 2 aromatic carbocycles. The van der Waals surface area contributed by atoms with Crippen LogP contribution in [0, 0.1) is 0 Å². The Morgan fingerprint density at radius 2 is 1.71 bits per heavy atom. The van der Waals surface area contributed by atoms with Crippen molar-refractivity contribution in [2.45, 2.75) is 6.61 Å². The maximum atomic E-state index is 10.8. The molecule has 2 N–H and O–H groups in total. The topological polar surface area (TPSA) is 68.0 Å². The zero-order valence-corrected chi connectivity index (χ0v) is 16.2. The van der Waals surface area contributed by atoms with Crippen molar-refractivity contribution in [1.82, 2.24) is 4.90 Å². The summed E-state index contributed by atoms with van der Waals surface area (Å²) in [6.45, 7) is 5.09. The number of benzene rings is 2. The number of amides is 1. The molecule has 1 aliphatic heterocycles. The van der Waals surface area contributed by atoms with Crippen LogP contribution in [0.5, 0.6) is 5.75 Å². The highest BCUT2D eigenvalue weighted by Gasteiger charge is 2.17. The molecule has 6 heteroatoms. The minimum absolute atomic E-state index is 0.436. The Labute approximate surface area is 166 Å². The molecule has 0 atom stereocenters. The standard InChI is InChI=1S/C22H27N3O3/c1-27-21-9-4-19(5-10-21)16-28-17-24-12-14-25(15-13-24)20-7-2-18(3-8-20)6-11-22(23)26/h2-11H,12-17H2,1H3,(H2,23,26)/b11-6+. The molecule has 0 saturated carbocycles.